The first-order valence-corrected chi connectivity index (χ1v) is 11.1. The van der Waals surface area contributed by atoms with Crippen molar-refractivity contribution in [1.82, 2.24) is 19.9 Å². The lowest BCUT2D eigenvalue weighted by Crippen LogP contribution is -2.24. The lowest BCUT2D eigenvalue weighted by atomic mass is 9.98. The largest absolute Gasteiger partial charge is 0.352 e. The molecule has 0 bridgehead atoms. The van der Waals surface area contributed by atoms with Crippen molar-refractivity contribution in [1.29, 1.82) is 0 Å². The van der Waals surface area contributed by atoms with Crippen LogP contribution in [-0.2, 0) is 22.7 Å². The molecule has 4 rings (SSSR count). The number of aromatic nitrogens is 3. The molecule has 0 saturated heterocycles. The zero-order valence-corrected chi connectivity index (χ0v) is 18.2. The van der Waals surface area contributed by atoms with Crippen LogP contribution in [0.15, 0.2) is 78.8 Å². The van der Waals surface area contributed by atoms with E-state index in [0.29, 0.717) is 11.7 Å². The summed E-state index contributed by atoms with van der Waals surface area (Å²) >= 11 is 1.35. The fraction of sp³-hybridized carbons (Fsp3) is 0.167. The number of imidazole rings is 1. The van der Waals surface area contributed by atoms with Gasteiger partial charge in [0.15, 0.2) is 5.13 Å². The molecule has 162 valence electrons. The van der Waals surface area contributed by atoms with Gasteiger partial charge in [-0.2, -0.15) is 0 Å². The maximum atomic E-state index is 12.3. The van der Waals surface area contributed by atoms with E-state index in [9.17, 15) is 9.59 Å². The molecule has 2 aromatic carbocycles. The Kier molecular flexibility index (Phi) is 7.04. The van der Waals surface area contributed by atoms with E-state index in [2.05, 4.69) is 44.9 Å². The minimum atomic E-state index is -0.216. The van der Waals surface area contributed by atoms with E-state index in [4.69, 9.17) is 0 Å². The molecule has 2 aromatic heterocycles. The second kappa shape index (κ2) is 10.5. The third-order valence-corrected chi connectivity index (χ3v) is 5.63. The summed E-state index contributed by atoms with van der Waals surface area (Å²) in [4.78, 5) is 32.3. The number of hydrogen-bond acceptors (Lipinski definition) is 5. The van der Waals surface area contributed by atoms with Gasteiger partial charge < -0.3 is 15.2 Å². The summed E-state index contributed by atoms with van der Waals surface area (Å²) in [6.07, 6.45) is 7.38. The van der Waals surface area contributed by atoms with Gasteiger partial charge in [-0.15, -0.1) is 11.3 Å². The number of amides is 2. The van der Waals surface area contributed by atoms with Crippen molar-refractivity contribution in [3.63, 3.8) is 0 Å². The van der Waals surface area contributed by atoms with Crippen LogP contribution >= 0.6 is 11.3 Å². The molecular weight excluding hydrogens is 422 g/mol. The lowest BCUT2D eigenvalue weighted by molar-refractivity contribution is -0.124. The fourth-order valence-electron chi connectivity index (χ4n) is 3.31. The molecule has 4 aromatic rings. The highest BCUT2D eigenvalue weighted by molar-refractivity contribution is 7.13. The van der Waals surface area contributed by atoms with Crippen molar-refractivity contribution in [2.24, 2.45) is 0 Å². The third kappa shape index (κ3) is 5.89. The molecule has 0 saturated carbocycles. The molecule has 2 heterocycles. The minimum absolute atomic E-state index is 0.117. The molecule has 0 radical (unpaired) electrons. The van der Waals surface area contributed by atoms with Gasteiger partial charge in [0.05, 0.1) is 6.33 Å². The highest BCUT2D eigenvalue weighted by Gasteiger charge is 2.10. The number of anilines is 1. The van der Waals surface area contributed by atoms with E-state index in [-0.39, 0.29) is 24.7 Å². The molecule has 0 atom stereocenters. The Morgan fingerprint density at radius 3 is 2.53 bits per heavy atom. The summed E-state index contributed by atoms with van der Waals surface area (Å²) in [7, 11) is 0. The van der Waals surface area contributed by atoms with Crippen molar-refractivity contribution in [2.45, 2.75) is 25.9 Å². The summed E-state index contributed by atoms with van der Waals surface area (Å²) < 4.78 is 2.02. The highest BCUT2D eigenvalue weighted by Crippen LogP contribution is 2.24. The number of benzene rings is 2. The Hall–Kier alpha value is -3.78. The predicted octanol–water partition coefficient (Wildman–Crippen LogP) is 4.09. The Balaban J connectivity index is 1.32. The average molecular weight is 446 g/mol. The van der Waals surface area contributed by atoms with Crippen LogP contribution in [0.5, 0.6) is 0 Å². The molecule has 2 amide bonds. The first kappa shape index (κ1) is 21.5. The number of rotatable bonds is 9. The molecule has 0 spiro atoms. The van der Waals surface area contributed by atoms with Crippen LogP contribution in [0.4, 0.5) is 5.13 Å². The normalized spacial score (nSPS) is 10.6. The average Bonchev–Trinajstić information content (AvgIpc) is 3.52. The molecule has 32 heavy (non-hydrogen) atoms. The summed E-state index contributed by atoms with van der Waals surface area (Å²) in [5.74, 6) is -0.379. The van der Waals surface area contributed by atoms with E-state index < -0.39 is 0 Å². The molecule has 2 N–H and O–H groups in total. The zero-order valence-electron chi connectivity index (χ0n) is 17.4. The Labute approximate surface area is 190 Å². The summed E-state index contributed by atoms with van der Waals surface area (Å²) in [6, 6.07) is 16.4. The first-order valence-electron chi connectivity index (χ1n) is 10.3. The van der Waals surface area contributed by atoms with Gasteiger partial charge in [0.2, 0.25) is 11.8 Å². The maximum absolute atomic E-state index is 12.3. The summed E-state index contributed by atoms with van der Waals surface area (Å²) in [5, 5.41) is 7.93. The molecule has 0 aliphatic rings. The number of thiazole rings is 1. The van der Waals surface area contributed by atoms with Crippen LogP contribution < -0.4 is 10.6 Å². The smallest absolute Gasteiger partial charge is 0.226 e. The monoisotopic (exact) mass is 445 g/mol. The zero-order chi connectivity index (χ0) is 22.2. The van der Waals surface area contributed by atoms with Crippen molar-refractivity contribution < 1.29 is 9.59 Å². The third-order valence-electron chi connectivity index (χ3n) is 4.94. The molecule has 0 unspecified atom stereocenters. The van der Waals surface area contributed by atoms with Gasteiger partial charge in [0, 0.05) is 49.9 Å². The van der Waals surface area contributed by atoms with Crippen LogP contribution in [0.1, 0.15) is 24.0 Å². The van der Waals surface area contributed by atoms with Crippen molar-refractivity contribution in [2.75, 3.05) is 5.32 Å². The molecule has 0 aliphatic carbocycles. The van der Waals surface area contributed by atoms with E-state index in [1.807, 2.05) is 35.0 Å². The van der Waals surface area contributed by atoms with Crippen molar-refractivity contribution >= 4 is 28.3 Å². The topological polar surface area (TPSA) is 88.9 Å². The highest BCUT2D eigenvalue weighted by atomic mass is 32.1. The van der Waals surface area contributed by atoms with E-state index in [1.54, 1.807) is 24.1 Å². The standard InChI is InChI=1S/C24H23N5O2S/c30-22(9-10-23(31)28-24-26-12-14-32-24)27-15-20-3-1-2-4-21(20)19-7-5-18(6-8-19)16-29-13-11-25-17-29/h1-8,11-14,17H,9-10,15-16H2,(H,27,30)(H,26,28,31). The van der Waals surface area contributed by atoms with Crippen LogP contribution in [0.3, 0.4) is 0 Å². The second-order valence-corrected chi connectivity index (χ2v) is 8.15. The van der Waals surface area contributed by atoms with Gasteiger partial charge in [0.1, 0.15) is 0 Å². The van der Waals surface area contributed by atoms with Gasteiger partial charge in [-0.05, 0) is 22.3 Å². The molecule has 7 nitrogen and oxygen atoms in total. The quantitative estimate of drug-likeness (QED) is 0.406. The Morgan fingerprint density at radius 2 is 1.78 bits per heavy atom. The van der Waals surface area contributed by atoms with Gasteiger partial charge in [-0.25, -0.2) is 9.97 Å². The van der Waals surface area contributed by atoms with Crippen LogP contribution in [0, 0.1) is 0 Å². The van der Waals surface area contributed by atoms with E-state index >= 15 is 0 Å². The number of carbonyl (C=O) groups is 2. The van der Waals surface area contributed by atoms with E-state index in [0.717, 1.165) is 23.2 Å². The van der Waals surface area contributed by atoms with Crippen LogP contribution in [0.25, 0.3) is 11.1 Å². The first-order chi connectivity index (χ1) is 15.7. The van der Waals surface area contributed by atoms with Crippen LogP contribution in [-0.4, -0.2) is 26.3 Å². The predicted molar refractivity (Wildman–Crippen MR) is 125 cm³/mol. The molecule has 0 fully saturated rings. The number of hydrogen-bond donors (Lipinski definition) is 2. The molecule has 0 aliphatic heterocycles. The number of carbonyl (C=O) groups excluding carboxylic acids is 2. The van der Waals surface area contributed by atoms with Crippen LogP contribution in [0.2, 0.25) is 0 Å². The van der Waals surface area contributed by atoms with Crippen molar-refractivity contribution in [3.05, 3.63) is 90.0 Å². The second-order valence-electron chi connectivity index (χ2n) is 7.25. The maximum Gasteiger partial charge on any atom is 0.226 e. The molecule has 8 heteroatoms. The van der Waals surface area contributed by atoms with Gasteiger partial charge in [0.25, 0.3) is 0 Å². The minimum Gasteiger partial charge on any atom is -0.352 e. The Morgan fingerprint density at radius 1 is 0.969 bits per heavy atom. The summed E-state index contributed by atoms with van der Waals surface area (Å²) in [5.41, 5.74) is 4.37. The SMILES string of the molecule is O=C(CCC(=O)Nc1nccs1)NCc1ccccc1-c1ccc(Cn2ccnc2)cc1. The number of nitrogens with one attached hydrogen (secondary N) is 2. The molecular formula is C24H23N5O2S. The van der Waals surface area contributed by atoms with E-state index in [1.165, 1.54) is 16.9 Å². The summed E-state index contributed by atoms with van der Waals surface area (Å²) in [6.45, 7) is 1.17. The van der Waals surface area contributed by atoms with Gasteiger partial charge in [-0.3, -0.25) is 9.59 Å². The fourth-order valence-corrected chi connectivity index (χ4v) is 3.86. The lowest BCUT2D eigenvalue weighted by Gasteiger charge is -2.12. The van der Waals surface area contributed by atoms with Gasteiger partial charge >= 0.3 is 0 Å². The van der Waals surface area contributed by atoms with Crippen molar-refractivity contribution in [3.8, 4) is 11.1 Å². The van der Waals surface area contributed by atoms with Gasteiger partial charge in [-0.1, -0.05) is 48.5 Å². The Bertz CT molecular complexity index is 1160. The number of nitrogens with zero attached hydrogens (tertiary/aromatic N) is 3.